The molecule has 49 heavy (non-hydrogen) atoms. The number of carbonyl (C=O) groups excluding carboxylic acids is 2. The van der Waals surface area contributed by atoms with Crippen LogP contribution >= 0.6 is 11.3 Å². The number of aryl methyl sites for hydroxylation is 1. The molecule has 0 unspecified atom stereocenters. The van der Waals surface area contributed by atoms with Crippen molar-refractivity contribution in [3.63, 3.8) is 0 Å². The van der Waals surface area contributed by atoms with Crippen LogP contribution in [0.1, 0.15) is 120 Å². The standard InChI is InChI=1S/C40H54N4O4S/c1-6-7-21-42-38(46)48-32-11-8-29(9-12-32)37(45)44(35-24-30(14-22-41-35)34-25-43-36(49-34)27(2)3)26-39-15-18-40(19-16-39,20-17-39)31-10-13-33(47-5)28(4)23-31/h10,13-14,22-25,27,29,32H,6-9,11-12,15-21,26H2,1-5H3,(H,42,46). The second kappa shape index (κ2) is 15.2. The molecule has 1 aromatic carbocycles. The predicted octanol–water partition coefficient (Wildman–Crippen LogP) is 9.36. The van der Waals surface area contributed by atoms with E-state index in [2.05, 4.69) is 62.3 Å². The Morgan fingerprint density at radius 1 is 1.02 bits per heavy atom. The summed E-state index contributed by atoms with van der Waals surface area (Å²) < 4.78 is 11.3. The van der Waals surface area contributed by atoms with Crippen LogP contribution in [0.25, 0.3) is 10.4 Å². The number of aromatic nitrogens is 2. The second-order valence-corrected chi connectivity index (χ2v) is 16.2. The van der Waals surface area contributed by atoms with Crippen LogP contribution in [-0.2, 0) is 14.9 Å². The molecule has 2 aromatic heterocycles. The van der Waals surface area contributed by atoms with E-state index in [9.17, 15) is 9.59 Å². The van der Waals surface area contributed by atoms with Gasteiger partial charge < -0.3 is 14.8 Å². The van der Waals surface area contributed by atoms with Crippen molar-refractivity contribution in [1.82, 2.24) is 15.3 Å². The van der Waals surface area contributed by atoms with Gasteiger partial charge in [0.25, 0.3) is 0 Å². The number of rotatable bonds is 12. The number of nitrogens with one attached hydrogen (secondary N) is 1. The van der Waals surface area contributed by atoms with Crippen LogP contribution in [0.4, 0.5) is 10.6 Å². The average Bonchev–Trinajstić information content (AvgIpc) is 3.63. The maximum absolute atomic E-state index is 14.6. The van der Waals surface area contributed by atoms with Crippen molar-refractivity contribution in [2.45, 2.75) is 122 Å². The molecule has 8 nitrogen and oxygen atoms in total. The lowest BCUT2D eigenvalue weighted by Crippen LogP contribution is -2.52. The average molecular weight is 687 g/mol. The van der Waals surface area contributed by atoms with Crippen molar-refractivity contribution >= 4 is 29.2 Å². The van der Waals surface area contributed by atoms with Crippen LogP contribution in [0.5, 0.6) is 5.75 Å². The summed E-state index contributed by atoms with van der Waals surface area (Å²) in [5.74, 6) is 2.09. The van der Waals surface area contributed by atoms with Gasteiger partial charge >= 0.3 is 6.09 Å². The number of hydrogen-bond donors (Lipinski definition) is 1. The number of pyridine rings is 1. The van der Waals surface area contributed by atoms with E-state index in [-0.39, 0.29) is 34.9 Å². The van der Waals surface area contributed by atoms with Gasteiger partial charge in [0.15, 0.2) is 0 Å². The maximum Gasteiger partial charge on any atom is 0.407 e. The molecule has 0 radical (unpaired) electrons. The minimum absolute atomic E-state index is 0.0722. The number of anilines is 1. The van der Waals surface area contributed by atoms with Gasteiger partial charge in [0.1, 0.15) is 17.7 Å². The summed E-state index contributed by atoms with van der Waals surface area (Å²) in [5, 5.41) is 3.97. The fourth-order valence-corrected chi connectivity index (χ4v) is 9.28. The van der Waals surface area contributed by atoms with E-state index in [0.29, 0.717) is 44.7 Å². The molecule has 2 heterocycles. The Labute approximate surface area is 296 Å². The highest BCUT2D eigenvalue weighted by Gasteiger charge is 2.51. The van der Waals surface area contributed by atoms with Crippen LogP contribution in [0, 0.1) is 18.3 Å². The molecule has 3 aromatic rings. The lowest BCUT2D eigenvalue weighted by Gasteiger charge is -2.55. The van der Waals surface area contributed by atoms with Gasteiger partial charge in [-0.05, 0) is 123 Å². The molecule has 0 saturated heterocycles. The fraction of sp³-hybridized carbons (Fsp3) is 0.600. The number of thiazole rings is 1. The summed E-state index contributed by atoms with van der Waals surface area (Å²) in [5.41, 5.74) is 3.95. The third-order valence-corrected chi connectivity index (χ3v) is 12.9. The number of amides is 2. The third-order valence-electron chi connectivity index (χ3n) is 11.6. The van der Waals surface area contributed by atoms with Gasteiger partial charge in [-0.3, -0.25) is 9.69 Å². The van der Waals surface area contributed by atoms with Gasteiger partial charge in [-0.1, -0.05) is 39.3 Å². The lowest BCUT2D eigenvalue weighted by molar-refractivity contribution is -0.124. The molecular formula is C40H54N4O4S. The SMILES string of the molecule is CCCCNC(=O)OC1CCC(C(=O)N(CC23CCC(c4ccc(OC)c(C)c4)(CC2)CC3)c2cc(-c3cnc(C(C)C)s3)ccn2)CC1. The summed E-state index contributed by atoms with van der Waals surface area (Å²) in [6, 6.07) is 10.9. The number of hydrogen-bond acceptors (Lipinski definition) is 7. The number of nitrogens with zero attached hydrogens (tertiary/aromatic N) is 3. The Bertz CT molecular complexity index is 1590. The van der Waals surface area contributed by atoms with Crippen molar-refractivity contribution in [2.24, 2.45) is 11.3 Å². The van der Waals surface area contributed by atoms with Crippen molar-refractivity contribution in [3.8, 4) is 16.2 Å². The van der Waals surface area contributed by atoms with Crippen molar-refractivity contribution in [3.05, 3.63) is 58.9 Å². The van der Waals surface area contributed by atoms with Crippen molar-refractivity contribution in [2.75, 3.05) is 25.1 Å². The molecule has 7 rings (SSSR count). The van der Waals surface area contributed by atoms with E-state index in [4.69, 9.17) is 14.5 Å². The quantitative estimate of drug-likeness (QED) is 0.191. The molecule has 0 atom stereocenters. The van der Waals surface area contributed by atoms with Gasteiger partial charge in [0, 0.05) is 37.3 Å². The Morgan fingerprint density at radius 3 is 2.39 bits per heavy atom. The molecule has 0 spiro atoms. The number of unbranched alkanes of at least 4 members (excludes halogenated alkanes) is 1. The van der Waals surface area contributed by atoms with Gasteiger partial charge in [0.2, 0.25) is 5.91 Å². The molecule has 4 aliphatic rings. The number of alkyl carbamates (subject to hydrolysis) is 1. The molecule has 9 heteroatoms. The highest BCUT2D eigenvalue weighted by molar-refractivity contribution is 7.15. The zero-order valence-corrected chi connectivity index (χ0v) is 30.9. The van der Waals surface area contributed by atoms with E-state index in [1.807, 2.05) is 23.4 Å². The van der Waals surface area contributed by atoms with E-state index in [0.717, 1.165) is 78.4 Å². The second-order valence-electron chi connectivity index (χ2n) is 15.2. The van der Waals surface area contributed by atoms with E-state index in [1.54, 1.807) is 18.4 Å². The van der Waals surface area contributed by atoms with Crippen LogP contribution in [0.15, 0.2) is 42.7 Å². The summed E-state index contributed by atoms with van der Waals surface area (Å²) in [6.45, 7) is 9.89. The number of benzene rings is 1. The Hall–Kier alpha value is -3.46. The predicted molar refractivity (Wildman–Crippen MR) is 196 cm³/mol. The highest BCUT2D eigenvalue weighted by atomic mass is 32.1. The third kappa shape index (κ3) is 7.82. The minimum Gasteiger partial charge on any atom is -0.496 e. The van der Waals surface area contributed by atoms with Crippen LogP contribution in [-0.4, -0.2) is 48.3 Å². The molecule has 4 saturated carbocycles. The minimum atomic E-state index is -0.343. The first-order valence-corrected chi connectivity index (χ1v) is 19.3. The van der Waals surface area contributed by atoms with Gasteiger partial charge in [0.05, 0.1) is 17.0 Å². The van der Waals surface area contributed by atoms with E-state index in [1.165, 1.54) is 11.1 Å². The molecule has 2 amide bonds. The molecule has 1 N–H and O–H groups in total. The highest BCUT2D eigenvalue weighted by Crippen LogP contribution is 2.58. The van der Waals surface area contributed by atoms with Gasteiger partial charge in [-0.25, -0.2) is 14.8 Å². The van der Waals surface area contributed by atoms with E-state index >= 15 is 0 Å². The summed E-state index contributed by atoms with van der Waals surface area (Å²) in [6.07, 6.45) is 14.8. The number of carbonyl (C=O) groups is 2. The number of methoxy groups -OCH3 is 1. The Kier molecular flexibility index (Phi) is 11.0. The molecular weight excluding hydrogens is 633 g/mol. The zero-order valence-electron chi connectivity index (χ0n) is 30.1. The maximum atomic E-state index is 14.6. The summed E-state index contributed by atoms with van der Waals surface area (Å²) in [4.78, 5) is 39.6. The van der Waals surface area contributed by atoms with Crippen molar-refractivity contribution < 1.29 is 19.1 Å². The zero-order chi connectivity index (χ0) is 34.6. The van der Waals surface area contributed by atoms with Gasteiger partial charge in [-0.15, -0.1) is 11.3 Å². The Morgan fingerprint density at radius 2 is 1.76 bits per heavy atom. The summed E-state index contributed by atoms with van der Waals surface area (Å²) >= 11 is 1.71. The first-order valence-electron chi connectivity index (χ1n) is 18.5. The lowest BCUT2D eigenvalue weighted by atomic mass is 9.51. The molecule has 264 valence electrons. The first-order chi connectivity index (χ1) is 23.6. The molecule has 4 fully saturated rings. The largest absolute Gasteiger partial charge is 0.496 e. The van der Waals surface area contributed by atoms with Crippen LogP contribution < -0.4 is 15.0 Å². The monoisotopic (exact) mass is 686 g/mol. The fourth-order valence-electron chi connectivity index (χ4n) is 8.36. The smallest absolute Gasteiger partial charge is 0.407 e. The van der Waals surface area contributed by atoms with Crippen molar-refractivity contribution in [1.29, 1.82) is 0 Å². The number of fused-ring (bicyclic) bond motifs is 3. The summed E-state index contributed by atoms with van der Waals surface area (Å²) in [7, 11) is 1.74. The van der Waals surface area contributed by atoms with E-state index < -0.39 is 0 Å². The first kappa shape index (κ1) is 35.4. The van der Waals surface area contributed by atoms with Gasteiger partial charge in [-0.2, -0.15) is 0 Å². The Balaban J connectivity index is 1.20. The molecule has 4 aliphatic carbocycles. The van der Waals surface area contributed by atoms with Crippen LogP contribution in [0.3, 0.4) is 0 Å². The van der Waals surface area contributed by atoms with Crippen LogP contribution in [0.2, 0.25) is 0 Å². The molecule has 2 bridgehead atoms. The molecule has 0 aliphatic heterocycles. The number of ether oxygens (including phenoxy) is 2. The normalized spacial score (nSPS) is 24.9. The topological polar surface area (TPSA) is 93.7 Å².